The van der Waals surface area contributed by atoms with Crippen molar-refractivity contribution in [1.82, 2.24) is 9.55 Å². The number of imidazole rings is 1. The molecule has 1 heterocycles. The number of aromatic nitrogens is 2. The third-order valence-corrected chi connectivity index (χ3v) is 4.63. The quantitative estimate of drug-likeness (QED) is 0.568. The van der Waals surface area contributed by atoms with Gasteiger partial charge in [0.05, 0.1) is 24.0 Å². The normalized spacial score (nSPS) is 11.1. The molecule has 2 aromatic carbocycles. The minimum Gasteiger partial charge on any atom is -0.494 e. The Hall–Kier alpha value is -2.29. The van der Waals surface area contributed by atoms with Crippen molar-refractivity contribution < 1.29 is 4.74 Å². The molecule has 0 spiro atoms. The lowest BCUT2D eigenvalue weighted by Gasteiger charge is -2.08. The summed E-state index contributed by atoms with van der Waals surface area (Å²) in [6.45, 7) is 8.20. The van der Waals surface area contributed by atoms with E-state index < -0.39 is 0 Å². The Bertz CT molecular complexity index is 803. The first-order valence-electron chi connectivity index (χ1n) is 8.81. The van der Waals surface area contributed by atoms with Crippen molar-refractivity contribution in [2.75, 3.05) is 6.61 Å². The number of nitrogens with zero attached hydrogens (tertiary/aromatic N) is 2. The van der Waals surface area contributed by atoms with Crippen molar-refractivity contribution >= 4 is 11.0 Å². The Kier molecular flexibility index (Phi) is 5.19. The molecule has 3 rings (SSSR count). The van der Waals surface area contributed by atoms with Crippen LogP contribution in [0.1, 0.15) is 36.5 Å². The minimum absolute atomic E-state index is 0.760. The molecule has 126 valence electrons. The minimum atomic E-state index is 0.760. The van der Waals surface area contributed by atoms with Gasteiger partial charge in [-0.05, 0) is 74.1 Å². The SMILES string of the molecule is CCc1ccc(OCCCCn2cnc3cc(C)c(C)cc32)cc1. The van der Waals surface area contributed by atoms with Crippen molar-refractivity contribution in [3.05, 3.63) is 59.4 Å². The summed E-state index contributed by atoms with van der Waals surface area (Å²) in [6.07, 6.45) is 5.15. The summed E-state index contributed by atoms with van der Waals surface area (Å²) in [6, 6.07) is 12.8. The Morgan fingerprint density at radius 1 is 1.00 bits per heavy atom. The van der Waals surface area contributed by atoms with Crippen molar-refractivity contribution in [2.24, 2.45) is 0 Å². The lowest BCUT2D eigenvalue weighted by Crippen LogP contribution is -2.02. The predicted molar refractivity (Wildman–Crippen MR) is 99.8 cm³/mol. The molecule has 3 nitrogen and oxygen atoms in total. The number of benzene rings is 2. The van der Waals surface area contributed by atoms with Gasteiger partial charge in [-0.25, -0.2) is 4.98 Å². The lowest BCUT2D eigenvalue weighted by atomic mass is 10.1. The molecule has 0 bridgehead atoms. The average molecular weight is 322 g/mol. The molecule has 0 aliphatic carbocycles. The van der Waals surface area contributed by atoms with E-state index in [1.807, 2.05) is 6.33 Å². The smallest absolute Gasteiger partial charge is 0.119 e. The van der Waals surface area contributed by atoms with Crippen LogP contribution in [0.3, 0.4) is 0 Å². The zero-order valence-electron chi connectivity index (χ0n) is 14.9. The Labute approximate surface area is 144 Å². The van der Waals surface area contributed by atoms with E-state index in [4.69, 9.17) is 4.74 Å². The van der Waals surface area contributed by atoms with Crippen molar-refractivity contribution in [1.29, 1.82) is 0 Å². The van der Waals surface area contributed by atoms with E-state index >= 15 is 0 Å². The molecule has 3 aromatic rings. The number of ether oxygens (including phenoxy) is 1. The van der Waals surface area contributed by atoms with Gasteiger partial charge in [0.25, 0.3) is 0 Å². The van der Waals surface area contributed by atoms with Gasteiger partial charge in [0.1, 0.15) is 5.75 Å². The Morgan fingerprint density at radius 2 is 1.75 bits per heavy atom. The fourth-order valence-corrected chi connectivity index (χ4v) is 2.89. The highest BCUT2D eigenvalue weighted by Crippen LogP contribution is 2.19. The molecule has 3 heteroatoms. The number of rotatable bonds is 7. The van der Waals surface area contributed by atoms with Crippen LogP contribution in [0.15, 0.2) is 42.7 Å². The first-order valence-corrected chi connectivity index (χ1v) is 8.81. The first kappa shape index (κ1) is 16.6. The zero-order chi connectivity index (χ0) is 16.9. The number of fused-ring (bicyclic) bond motifs is 1. The van der Waals surface area contributed by atoms with Crippen LogP contribution >= 0.6 is 0 Å². The second-order valence-electron chi connectivity index (χ2n) is 6.42. The second-order valence-corrected chi connectivity index (χ2v) is 6.42. The second kappa shape index (κ2) is 7.52. The van der Waals surface area contributed by atoms with Crippen LogP contribution < -0.4 is 4.74 Å². The standard InChI is InChI=1S/C21H26N2O/c1-4-18-7-9-19(10-8-18)24-12-6-5-11-23-15-22-20-13-16(2)17(3)14-21(20)23/h7-10,13-15H,4-6,11-12H2,1-3H3. The van der Waals surface area contributed by atoms with Crippen LogP contribution in [0.2, 0.25) is 0 Å². The Balaban J connectivity index is 1.49. The lowest BCUT2D eigenvalue weighted by molar-refractivity contribution is 0.303. The van der Waals surface area contributed by atoms with E-state index in [-0.39, 0.29) is 0 Å². The molecule has 0 fully saturated rings. The van der Waals surface area contributed by atoms with Gasteiger partial charge in [0, 0.05) is 6.54 Å². The maximum Gasteiger partial charge on any atom is 0.119 e. The van der Waals surface area contributed by atoms with E-state index in [0.29, 0.717) is 0 Å². The summed E-state index contributed by atoms with van der Waals surface area (Å²) in [5.41, 5.74) is 6.29. The van der Waals surface area contributed by atoms with Gasteiger partial charge in [-0.2, -0.15) is 0 Å². The van der Waals surface area contributed by atoms with Crippen molar-refractivity contribution in [3.8, 4) is 5.75 Å². The third-order valence-electron chi connectivity index (χ3n) is 4.63. The summed E-state index contributed by atoms with van der Waals surface area (Å²) < 4.78 is 8.07. The van der Waals surface area contributed by atoms with E-state index in [2.05, 4.69) is 66.7 Å². The summed E-state index contributed by atoms with van der Waals surface area (Å²) in [5.74, 6) is 0.964. The van der Waals surface area contributed by atoms with E-state index in [0.717, 1.165) is 43.7 Å². The number of hydrogen-bond donors (Lipinski definition) is 0. The van der Waals surface area contributed by atoms with Crippen molar-refractivity contribution in [3.63, 3.8) is 0 Å². The summed E-state index contributed by atoms with van der Waals surface area (Å²) in [4.78, 5) is 4.52. The maximum atomic E-state index is 5.82. The number of hydrogen-bond acceptors (Lipinski definition) is 2. The van der Waals surface area contributed by atoms with Crippen LogP contribution in [0.25, 0.3) is 11.0 Å². The van der Waals surface area contributed by atoms with Gasteiger partial charge < -0.3 is 9.30 Å². The molecule has 0 saturated heterocycles. The van der Waals surface area contributed by atoms with Crippen LogP contribution in [-0.2, 0) is 13.0 Å². The fraction of sp³-hybridized carbons (Fsp3) is 0.381. The van der Waals surface area contributed by atoms with Gasteiger partial charge >= 0.3 is 0 Å². The molecular formula is C21H26N2O. The molecule has 0 N–H and O–H groups in total. The van der Waals surface area contributed by atoms with Crippen molar-refractivity contribution in [2.45, 2.75) is 46.6 Å². The molecule has 0 amide bonds. The van der Waals surface area contributed by atoms with Crippen LogP contribution in [0.4, 0.5) is 0 Å². The number of aryl methyl sites for hydroxylation is 4. The van der Waals surface area contributed by atoms with Gasteiger partial charge in [-0.15, -0.1) is 0 Å². The van der Waals surface area contributed by atoms with Crippen LogP contribution in [0, 0.1) is 13.8 Å². The molecule has 0 saturated carbocycles. The van der Waals surface area contributed by atoms with Gasteiger partial charge in [0.15, 0.2) is 0 Å². The maximum absolute atomic E-state index is 5.82. The van der Waals surface area contributed by atoms with Crippen LogP contribution in [0.5, 0.6) is 5.75 Å². The monoisotopic (exact) mass is 322 g/mol. The van der Waals surface area contributed by atoms with E-state index in [1.54, 1.807) is 0 Å². The van der Waals surface area contributed by atoms with Gasteiger partial charge in [0.2, 0.25) is 0 Å². The third kappa shape index (κ3) is 3.78. The highest BCUT2D eigenvalue weighted by molar-refractivity contribution is 5.77. The highest BCUT2D eigenvalue weighted by atomic mass is 16.5. The summed E-state index contributed by atoms with van der Waals surface area (Å²) in [7, 11) is 0. The molecule has 24 heavy (non-hydrogen) atoms. The molecule has 0 radical (unpaired) electrons. The molecule has 0 unspecified atom stereocenters. The summed E-state index contributed by atoms with van der Waals surface area (Å²) in [5, 5.41) is 0. The molecule has 1 aromatic heterocycles. The molecule has 0 atom stereocenters. The topological polar surface area (TPSA) is 27.1 Å². The molecule has 0 aliphatic rings. The first-order chi connectivity index (χ1) is 11.7. The average Bonchev–Trinajstić information content (AvgIpc) is 2.97. The molecule has 0 aliphatic heterocycles. The van der Waals surface area contributed by atoms with Gasteiger partial charge in [-0.1, -0.05) is 19.1 Å². The fourth-order valence-electron chi connectivity index (χ4n) is 2.89. The molecular weight excluding hydrogens is 296 g/mol. The Morgan fingerprint density at radius 3 is 2.50 bits per heavy atom. The van der Waals surface area contributed by atoms with E-state index in [9.17, 15) is 0 Å². The largest absolute Gasteiger partial charge is 0.494 e. The van der Waals surface area contributed by atoms with Crippen LogP contribution in [-0.4, -0.2) is 16.2 Å². The highest BCUT2D eigenvalue weighted by Gasteiger charge is 2.05. The predicted octanol–water partition coefficient (Wildman–Crippen LogP) is 5.07. The number of unbranched alkanes of at least 4 members (excludes halogenated alkanes) is 1. The summed E-state index contributed by atoms with van der Waals surface area (Å²) >= 11 is 0. The van der Waals surface area contributed by atoms with E-state index in [1.165, 1.54) is 22.2 Å². The zero-order valence-corrected chi connectivity index (χ0v) is 14.9. The van der Waals surface area contributed by atoms with Gasteiger partial charge in [-0.3, -0.25) is 0 Å².